The van der Waals surface area contributed by atoms with Crippen molar-refractivity contribution in [2.75, 3.05) is 0 Å². The van der Waals surface area contributed by atoms with E-state index in [0.717, 1.165) is 12.3 Å². The van der Waals surface area contributed by atoms with E-state index in [2.05, 4.69) is 4.98 Å². The molecule has 6 heteroatoms. The van der Waals surface area contributed by atoms with E-state index in [1.165, 1.54) is 6.07 Å². The summed E-state index contributed by atoms with van der Waals surface area (Å²) in [5, 5.41) is -0.687. The van der Waals surface area contributed by atoms with Gasteiger partial charge in [0.25, 0.3) is 0 Å². The lowest BCUT2D eigenvalue weighted by atomic mass is 10.3. The van der Waals surface area contributed by atoms with Crippen LogP contribution in [-0.4, -0.2) is 19.7 Å². The van der Waals surface area contributed by atoms with Gasteiger partial charge in [-0.1, -0.05) is 3.89 Å². The number of nitrogens with zero attached hydrogens (tertiary/aromatic N) is 1. The monoisotopic (exact) mass is 189 g/mol. The molecule has 1 rings (SSSR count). The van der Waals surface area contributed by atoms with E-state index in [-0.39, 0.29) is 5.56 Å². The van der Waals surface area contributed by atoms with Crippen molar-refractivity contribution in [3.8, 4) is 0 Å². The van der Waals surface area contributed by atoms with Crippen molar-refractivity contribution in [2.24, 2.45) is 0 Å². The summed E-state index contributed by atoms with van der Waals surface area (Å²) in [5.74, 6) is 0. The Balaban J connectivity index is 3.17. The van der Waals surface area contributed by atoms with Crippen molar-refractivity contribution >= 4 is 16.5 Å². The molecule has 0 bridgehead atoms. The number of aromatic nitrogens is 1. The molecule has 64 valence electrons. The molecule has 0 amide bonds. The van der Waals surface area contributed by atoms with Crippen LogP contribution in [0.2, 0.25) is 0 Å². The van der Waals surface area contributed by atoms with Gasteiger partial charge in [-0.15, -0.1) is 0 Å². The summed E-state index contributed by atoms with van der Waals surface area (Å²) < 4.78 is 32.6. The van der Waals surface area contributed by atoms with E-state index in [9.17, 15) is 17.1 Å². The van der Waals surface area contributed by atoms with Gasteiger partial charge in [0.1, 0.15) is 0 Å². The quantitative estimate of drug-likeness (QED) is 0.503. The lowest BCUT2D eigenvalue weighted by Gasteiger charge is -1.92. The van der Waals surface area contributed by atoms with Crippen LogP contribution in [0.4, 0.5) is 3.89 Å². The lowest BCUT2D eigenvalue weighted by Crippen LogP contribution is -1.96. The fourth-order valence-corrected chi connectivity index (χ4v) is 1.01. The molecule has 0 fully saturated rings. The zero-order chi connectivity index (χ0) is 9.19. The molecule has 0 aliphatic rings. The van der Waals surface area contributed by atoms with Crippen LogP contribution in [0.25, 0.3) is 0 Å². The molecule has 1 aromatic heterocycles. The van der Waals surface area contributed by atoms with E-state index >= 15 is 0 Å². The van der Waals surface area contributed by atoms with Crippen molar-refractivity contribution in [1.82, 2.24) is 4.98 Å². The topological polar surface area (TPSA) is 64.1 Å². The standard InChI is InChI=1S/C6H4FNO3S/c7-12(10,11)6-2-1-5(4-9)3-8-6/h1-4H. The molecule has 12 heavy (non-hydrogen) atoms. The third-order valence-corrected chi connectivity index (χ3v) is 1.89. The zero-order valence-electron chi connectivity index (χ0n) is 5.77. The molecule has 0 spiro atoms. The summed E-state index contributed by atoms with van der Waals surface area (Å²) >= 11 is 0. The summed E-state index contributed by atoms with van der Waals surface area (Å²) in [6, 6.07) is 2.10. The van der Waals surface area contributed by atoms with Crippen LogP contribution in [0.1, 0.15) is 10.4 Å². The summed E-state index contributed by atoms with van der Waals surface area (Å²) in [7, 11) is -4.75. The normalized spacial score (nSPS) is 11.1. The first-order valence-electron chi connectivity index (χ1n) is 2.90. The second kappa shape index (κ2) is 2.98. The fourth-order valence-electron chi connectivity index (χ4n) is 0.606. The number of hydrogen-bond donors (Lipinski definition) is 0. The van der Waals surface area contributed by atoms with Crippen LogP contribution in [0, 0.1) is 0 Å². The van der Waals surface area contributed by atoms with Gasteiger partial charge in [-0.3, -0.25) is 4.79 Å². The molecule has 4 nitrogen and oxygen atoms in total. The Kier molecular flexibility index (Phi) is 2.18. The Hall–Kier alpha value is -1.30. The molecule has 0 saturated carbocycles. The van der Waals surface area contributed by atoms with E-state index in [0.29, 0.717) is 6.29 Å². The van der Waals surface area contributed by atoms with Gasteiger partial charge in [0, 0.05) is 11.8 Å². The number of rotatable bonds is 2. The SMILES string of the molecule is O=Cc1ccc(S(=O)(=O)F)nc1. The second-order valence-electron chi connectivity index (χ2n) is 1.99. The minimum absolute atomic E-state index is 0.197. The molecule has 0 aliphatic carbocycles. The summed E-state index contributed by atoms with van der Waals surface area (Å²) in [5.41, 5.74) is 0.197. The first-order valence-corrected chi connectivity index (χ1v) is 4.28. The summed E-state index contributed by atoms with van der Waals surface area (Å²) in [6.45, 7) is 0. The van der Waals surface area contributed by atoms with E-state index < -0.39 is 15.2 Å². The summed E-state index contributed by atoms with van der Waals surface area (Å²) in [4.78, 5) is 13.3. The average molecular weight is 189 g/mol. The molecular weight excluding hydrogens is 185 g/mol. The van der Waals surface area contributed by atoms with Crippen LogP contribution < -0.4 is 0 Å². The number of carbonyl (C=O) groups excluding carboxylic acids is 1. The number of halogens is 1. The predicted molar refractivity (Wildman–Crippen MR) is 37.9 cm³/mol. The van der Waals surface area contributed by atoms with Gasteiger partial charge >= 0.3 is 10.2 Å². The van der Waals surface area contributed by atoms with Crippen LogP contribution in [-0.2, 0) is 10.2 Å². The minimum atomic E-state index is -4.75. The van der Waals surface area contributed by atoms with Crippen molar-refractivity contribution in [2.45, 2.75) is 5.03 Å². The first kappa shape index (κ1) is 8.79. The largest absolute Gasteiger partial charge is 0.349 e. The lowest BCUT2D eigenvalue weighted by molar-refractivity contribution is 0.112. The van der Waals surface area contributed by atoms with Gasteiger partial charge in [0.2, 0.25) is 0 Å². The second-order valence-corrected chi connectivity index (χ2v) is 3.28. The molecule has 0 N–H and O–H groups in total. The van der Waals surface area contributed by atoms with Gasteiger partial charge in [0.15, 0.2) is 11.3 Å². The third kappa shape index (κ3) is 1.85. The molecule has 0 radical (unpaired) electrons. The highest BCUT2D eigenvalue weighted by Gasteiger charge is 2.12. The van der Waals surface area contributed by atoms with Crippen molar-refractivity contribution in [3.63, 3.8) is 0 Å². The maximum Gasteiger partial charge on any atom is 0.349 e. The predicted octanol–water partition coefficient (Wildman–Crippen LogP) is 0.552. The van der Waals surface area contributed by atoms with E-state index in [1.807, 2.05) is 0 Å². The molecule has 0 aliphatic heterocycles. The minimum Gasteiger partial charge on any atom is -0.298 e. The number of hydrogen-bond acceptors (Lipinski definition) is 4. The highest BCUT2D eigenvalue weighted by molar-refractivity contribution is 7.86. The molecule has 0 aromatic carbocycles. The smallest absolute Gasteiger partial charge is 0.298 e. The van der Waals surface area contributed by atoms with Crippen molar-refractivity contribution < 1.29 is 17.1 Å². The van der Waals surface area contributed by atoms with Gasteiger partial charge in [-0.25, -0.2) is 4.98 Å². The fraction of sp³-hybridized carbons (Fsp3) is 0. The Morgan fingerprint density at radius 1 is 1.42 bits per heavy atom. The highest BCUT2D eigenvalue weighted by atomic mass is 32.3. The Morgan fingerprint density at radius 3 is 2.42 bits per heavy atom. The van der Waals surface area contributed by atoms with Crippen LogP contribution >= 0.6 is 0 Å². The van der Waals surface area contributed by atoms with Crippen LogP contribution in [0.3, 0.4) is 0 Å². The van der Waals surface area contributed by atoms with Gasteiger partial charge in [0.05, 0.1) is 0 Å². The number of carbonyl (C=O) groups is 1. The van der Waals surface area contributed by atoms with Crippen molar-refractivity contribution in [3.05, 3.63) is 23.9 Å². The molecule has 0 atom stereocenters. The number of pyridine rings is 1. The Morgan fingerprint density at radius 2 is 2.08 bits per heavy atom. The third-order valence-electron chi connectivity index (χ3n) is 1.15. The molecule has 1 heterocycles. The Labute approximate surface area is 68.3 Å². The molecular formula is C6H4FNO3S. The maximum atomic E-state index is 12.2. The first-order chi connectivity index (χ1) is 5.54. The summed E-state index contributed by atoms with van der Waals surface area (Å²) in [6.07, 6.45) is 1.47. The van der Waals surface area contributed by atoms with Gasteiger partial charge in [-0.2, -0.15) is 8.42 Å². The van der Waals surface area contributed by atoms with E-state index in [4.69, 9.17) is 0 Å². The van der Waals surface area contributed by atoms with Crippen LogP contribution in [0.5, 0.6) is 0 Å². The van der Waals surface area contributed by atoms with Gasteiger partial charge < -0.3 is 0 Å². The zero-order valence-corrected chi connectivity index (χ0v) is 6.58. The highest BCUT2D eigenvalue weighted by Crippen LogP contribution is 2.07. The molecule has 1 aromatic rings. The Bertz CT molecular complexity index is 384. The molecule has 0 saturated heterocycles. The van der Waals surface area contributed by atoms with E-state index in [1.54, 1.807) is 0 Å². The van der Waals surface area contributed by atoms with Crippen LogP contribution in [0.15, 0.2) is 23.4 Å². The maximum absolute atomic E-state index is 12.2. The molecule has 0 unspecified atom stereocenters. The van der Waals surface area contributed by atoms with Gasteiger partial charge in [-0.05, 0) is 12.1 Å². The average Bonchev–Trinajstić information content (AvgIpc) is 2.03. The number of aldehydes is 1. The van der Waals surface area contributed by atoms with Crippen molar-refractivity contribution in [1.29, 1.82) is 0 Å².